The monoisotopic (exact) mass is 526 g/mol. The number of halogens is 7. The molecule has 0 atom stereocenters. The van der Waals surface area contributed by atoms with Crippen LogP contribution in [-0.4, -0.2) is 56.7 Å². The second kappa shape index (κ2) is 11.3. The van der Waals surface area contributed by atoms with E-state index in [9.17, 15) is 31.1 Å². The summed E-state index contributed by atoms with van der Waals surface area (Å²) >= 11 is 0. The Morgan fingerprint density at radius 3 is 2.11 bits per heavy atom. The molecular weight excluding hydrogens is 505 g/mol. The molecule has 0 bridgehead atoms. The average molecular weight is 526 g/mol. The highest BCUT2D eigenvalue weighted by molar-refractivity contribution is 14.0. The Kier molecular flexibility index (Phi) is 10.6. The number of carbonyl (C=O) groups is 1. The highest BCUT2D eigenvalue weighted by Crippen LogP contribution is 2.29. The van der Waals surface area contributed by atoms with Gasteiger partial charge in [-0.25, -0.2) is 0 Å². The van der Waals surface area contributed by atoms with Crippen LogP contribution >= 0.6 is 24.0 Å². The fourth-order valence-electron chi connectivity index (χ4n) is 2.06. The lowest BCUT2D eigenvalue weighted by Gasteiger charge is -2.20. The minimum Gasteiger partial charge on any atom is -0.356 e. The number of hydrogen-bond donors (Lipinski definition) is 2. The number of alkyl halides is 6. The number of nitrogens with one attached hydrogen (secondary N) is 2. The zero-order valence-electron chi connectivity index (χ0n) is 15.1. The summed E-state index contributed by atoms with van der Waals surface area (Å²) in [6.07, 6.45) is -8.48. The van der Waals surface area contributed by atoms with Gasteiger partial charge in [-0.15, -0.1) is 24.0 Å². The van der Waals surface area contributed by atoms with Gasteiger partial charge in [0.25, 0.3) is 0 Å². The standard InChI is InChI=1S/C16H20F6N4O.HI/c1-23-14(25-9-13(27)26(2)10-15(17,18)19)24-8-7-11-3-5-12(6-4-11)16(20,21)22;/h3-6H,7-10H2,1-2H3,(H2,23,24,25);1H. The molecule has 1 amide bonds. The fraction of sp³-hybridized carbons (Fsp3) is 0.500. The minimum absolute atomic E-state index is 0. The van der Waals surface area contributed by atoms with Crippen LogP contribution in [-0.2, 0) is 17.4 Å². The van der Waals surface area contributed by atoms with Crippen molar-refractivity contribution < 1.29 is 31.1 Å². The predicted octanol–water partition coefficient (Wildman–Crippen LogP) is 3.05. The van der Waals surface area contributed by atoms with Gasteiger partial charge in [0.05, 0.1) is 12.1 Å². The van der Waals surface area contributed by atoms with Crippen molar-refractivity contribution in [3.8, 4) is 0 Å². The minimum atomic E-state index is -4.48. The summed E-state index contributed by atoms with van der Waals surface area (Å²) in [6.45, 7) is -1.43. The second-order valence-electron chi connectivity index (χ2n) is 5.66. The van der Waals surface area contributed by atoms with E-state index in [0.29, 0.717) is 23.4 Å². The molecule has 1 aromatic carbocycles. The van der Waals surface area contributed by atoms with Crippen molar-refractivity contribution in [3.05, 3.63) is 35.4 Å². The first kappa shape index (κ1) is 26.3. The molecule has 0 saturated carbocycles. The van der Waals surface area contributed by atoms with E-state index < -0.39 is 30.4 Å². The second-order valence-corrected chi connectivity index (χ2v) is 5.66. The van der Waals surface area contributed by atoms with Crippen LogP contribution in [0.5, 0.6) is 0 Å². The molecule has 0 unspecified atom stereocenters. The summed E-state index contributed by atoms with van der Waals surface area (Å²) < 4.78 is 74.2. The normalized spacial score (nSPS) is 12.2. The first-order chi connectivity index (χ1) is 12.4. The van der Waals surface area contributed by atoms with Gasteiger partial charge in [-0.3, -0.25) is 9.79 Å². The number of hydrogen-bond acceptors (Lipinski definition) is 2. The lowest BCUT2D eigenvalue weighted by Crippen LogP contribution is -2.45. The lowest BCUT2D eigenvalue weighted by atomic mass is 10.1. The van der Waals surface area contributed by atoms with E-state index in [4.69, 9.17) is 0 Å². The molecule has 28 heavy (non-hydrogen) atoms. The molecule has 0 heterocycles. The number of nitrogens with zero attached hydrogens (tertiary/aromatic N) is 2. The van der Waals surface area contributed by atoms with Gasteiger partial charge in [0.15, 0.2) is 5.96 Å². The Bertz CT molecular complexity index is 646. The lowest BCUT2D eigenvalue weighted by molar-refractivity contribution is -0.157. The van der Waals surface area contributed by atoms with E-state index in [1.165, 1.54) is 19.2 Å². The van der Waals surface area contributed by atoms with Crippen LogP contribution in [0.15, 0.2) is 29.3 Å². The topological polar surface area (TPSA) is 56.7 Å². The summed E-state index contributed by atoms with van der Waals surface area (Å²) in [5, 5.41) is 5.41. The summed E-state index contributed by atoms with van der Waals surface area (Å²) in [6, 6.07) is 4.68. The number of aliphatic imine (C=N–C) groups is 1. The maximum atomic E-state index is 12.5. The van der Waals surface area contributed by atoms with Gasteiger partial charge >= 0.3 is 12.4 Å². The first-order valence-electron chi connectivity index (χ1n) is 7.84. The number of carbonyl (C=O) groups excluding carboxylic acids is 1. The van der Waals surface area contributed by atoms with Gasteiger partial charge < -0.3 is 15.5 Å². The van der Waals surface area contributed by atoms with Gasteiger partial charge in [0, 0.05) is 20.6 Å². The quantitative estimate of drug-likeness (QED) is 0.260. The molecule has 5 nitrogen and oxygen atoms in total. The molecule has 2 N–H and O–H groups in total. The van der Waals surface area contributed by atoms with E-state index >= 15 is 0 Å². The van der Waals surface area contributed by atoms with E-state index in [1.54, 1.807) is 0 Å². The number of benzene rings is 1. The van der Waals surface area contributed by atoms with Crippen LogP contribution in [0.25, 0.3) is 0 Å². The average Bonchev–Trinajstić information content (AvgIpc) is 2.55. The zero-order chi connectivity index (χ0) is 20.7. The van der Waals surface area contributed by atoms with Gasteiger partial charge in [0.2, 0.25) is 5.91 Å². The smallest absolute Gasteiger partial charge is 0.356 e. The molecule has 0 fully saturated rings. The molecule has 1 rings (SSSR count). The maximum Gasteiger partial charge on any atom is 0.416 e. The Morgan fingerprint density at radius 2 is 1.64 bits per heavy atom. The van der Waals surface area contributed by atoms with Crippen LogP contribution in [0, 0.1) is 0 Å². The van der Waals surface area contributed by atoms with Crippen molar-refractivity contribution in [2.45, 2.75) is 18.8 Å². The summed E-state index contributed by atoms with van der Waals surface area (Å²) in [7, 11) is 2.45. The van der Waals surface area contributed by atoms with Crippen LogP contribution in [0.2, 0.25) is 0 Å². The molecule has 0 aliphatic carbocycles. The number of likely N-dealkylation sites (N-methyl/N-ethyl adjacent to an activating group) is 1. The molecule has 0 radical (unpaired) electrons. The van der Waals surface area contributed by atoms with Crippen molar-refractivity contribution in [1.82, 2.24) is 15.5 Å². The zero-order valence-corrected chi connectivity index (χ0v) is 17.4. The van der Waals surface area contributed by atoms with Crippen molar-refractivity contribution in [2.75, 3.05) is 33.7 Å². The Morgan fingerprint density at radius 1 is 1.07 bits per heavy atom. The molecule has 0 saturated heterocycles. The Hall–Kier alpha value is -1.73. The van der Waals surface area contributed by atoms with Gasteiger partial charge in [-0.2, -0.15) is 26.3 Å². The highest BCUT2D eigenvalue weighted by atomic mass is 127. The predicted molar refractivity (Wildman–Crippen MR) is 104 cm³/mol. The third kappa shape index (κ3) is 9.99. The van der Waals surface area contributed by atoms with Crippen LogP contribution in [0.3, 0.4) is 0 Å². The van der Waals surface area contributed by atoms with Gasteiger partial charge in [-0.05, 0) is 24.1 Å². The molecular formula is C16H21F6IN4O. The van der Waals surface area contributed by atoms with Crippen LogP contribution in [0.4, 0.5) is 26.3 Å². The molecule has 0 spiro atoms. The van der Waals surface area contributed by atoms with E-state index in [2.05, 4.69) is 15.6 Å². The molecule has 0 aliphatic rings. The van der Waals surface area contributed by atoms with Crippen molar-refractivity contribution in [2.24, 2.45) is 4.99 Å². The number of amides is 1. The molecule has 0 aliphatic heterocycles. The summed E-state index contributed by atoms with van der Waals surface area (Å²) in [5.74, 6) is -0.575. The van der Waals surface area contributed by atoms with Gasteiger partial charge in [-0.1, -0.05) is 12.1 Å². The Balaban J connectivity index is 0.00000729. The van der Waals surface area contributed by atoms with Crippen molar-refractivity contribution in [1.29, 1.82) is 0 Å². The molecule has 0 aromatic heterocycles. The maximum absolute atomic E-state index is 12.5. The third-order valence-corrected chi connectivity index (χ3v) is 3.46. The third-order valence-electron chi connectivity index (χ3n) is 3.46. The van der Waals surface area contributed by atoms with Crippen molar-refractivity contribution >= 4 is 35.8 Å². The molecule has 1 aromatic rings. The first-order valence-corrected chi connectivity index (χ1v) is 7.84. The largest absolute Gasteiger partial charge is 0.416 e. The van der Waals surface area contributed by atoms with E-state index in [1.807, 2.05) is 0 Å². The SMILES string of the molecule is CN=C(NCCc1ccc(C(F)(F)F)cc1)NCC(=O)N(C)CC(F)(F)F.I. The van der Waals surface area contributed by atoms with E-state index in [0.717, 1.165) is 19.2 Å². The number of guanidine groups is 1. The summed E-state index contributed by atoms with van der Waals surface area (Å²) in [5.41, 5.74) is -0.0786. The van der Waals surface area contributed by atoms with Crippen LogP contribution < -0.4 is 10.6 Å². The van der Waals surface area contributed by atoms with Crippen LogP contribution in [0.1, 0.15) is 11.1 Å². The molecule has 12 heteroatoms. The molecule has 160 valence electrons. The van der Waals surface area contributed by atoms with E-state index in [-0.39, 0.29) is 36.5 Å². The summed E-state index contributed by atoms with van der Waals surface area (Å²) in [4.78, 5) is 16.0. The Labute approximate surface area is 175 Å². The van der Waals surface area contributed by atoms with Gasteiger partial charge in [0.1, 0.15) is 6.54 Å². The van der Waals surface area contributed by atoms with Crippen molar-refractivity contribution in [3.63, 3.8) is 0 Å². The fourth-order valence-corrected chi connectivity index (χ4v) is 2.06. The highest BCUT2D eigenvalue weighted by Gasteiger charge is 2.31. The number of rotatable bonds is 6.